The van der Waals surface area contributed by atoms with E-state index in [0.29, 0.717) is 29.8 Å². The highest BCUT2D eigenvalue weighted by Crippen LogP contribution is 2.65. The van der Waals surface area contributed by atoms with E-state index < -0.39 is 8.32 Å². The lowest BCUT2D eigenvalue weighted by Gasteiger charge is -2.64. The van der Waals surface area contributed by atoms with Gasteiger partial charge in [-0.15, -0.1) is 0 Å². The third-order valence-electron chi connectivity index (χ3n) is 10.1. The number of hydrogen-bond donors (Lipinski definition) is 0. The smallest absolute Gasteiger partial charge is 0.303 e. The maximum Gasteiger partial charge on any atom is 0.303 e. The zero-order valence-corrected chi connectivity index (χ0v) is 23.4. The molecular weight excluding hydrogens is 412 g/mol. The van der Waals surface area contributed by atoms with Crippen molar-refractivity contribution in [3.05, 3.63) is 24.3 Å². The van der Waals surface area contributed by atoms with E-state index in [4.69, 9.17) is 9.16 Å². The molecule has 0 saturated heterocycles. The summed E-state index contributed by atoms with van der Waals surface area (Å²) in [7, 11) is -1.85. The van der Waals surface area contributed by atoms with Crippen LogP contribution in [0.1, 0.15) is 81.1 Å². The minimum absolute atomic E-state index is 0.0972. The van der Waals surface area contributed by atoms with Crippen LogP contribution in [0.5, 0.6) is 0 Å². The van der Waals surface area contributed by atoms with Gasteiger partial charge in [0.2, 0.25) is 0 Å². The van der Waals surface area contributed by atoms with Crippen LogP contribution in [-0.4, -0.2) is 26.5 Å². The van der Waals surface area contributed by atoms with Crippen molar-refractivity contribution in [2.45, 2.75) is 111 Å². The Hall–Kier alpha value is -0.873. The Morgan fingerprint density at radius 1 is 1.19 bits per heavy atom. The van der Waals surface area contributed by atoms with Crippen LogP contribution in [0.3, 0.4) is 0 Å². The highest BCUT2D eigenvalue weighted by molar-refractivity contribution is 6.74. The van der Waals surface area contributed by atoms with Crippen LogP contribution in [-0.2, 0) is 14.0 Å². The molecule has 3 nitrogen and oxygen atoms in total. The molecule has 2 fully saturated rings. The molecular formula is C28H48O3Si. The number of carbonyl (C=O) groups is 1. The fraction of sp³-hybridized carbons (Fsp3) is 0.821. The summed E-state index contributed by atoms with van der Waals surface area (Å²) in [5.41, 5.74) is 1.48. The lowest BCUT2D eigenvalue weighted by molar-refractivity contribution is -0.184. The van der Waals surface area contributed by atoms with Crippen molar-refractivity contribution >= 4 is 14.3 Å². The third-order valence-corrected chi connectivity index (χ3v) is 14.6. The summed E-state index contributed by atoms with van der Waals surface area (Å²) in [4.78, 5) is 12.1. The summed E-state index contributed by atoms with van der Waals surface area (Å²) >= 11 is 0. The second kappa shape index (κ2) is 8.41. The van der Waals surface area contributed by atoms with Crippen molar-refractivity contribution in [2.75, 3.05) is 0 Å². The molecule has 3 aliphatic rings. The number of allylic oxidation sites excluding steroid dienone is 2. The average molecular weight is 461 g/mol. The molecule has 0 aromatic heterocycles. The van der Waals surface area contributed by atoms with E-state index in [-0.39, 0.29) is 27.9 Å². The van der Waals surface area contributed by atoms with Gasteiger partial charge in [-0.3, -0.25) is 4.79 Å². The van der Waals surface area contributed by atoms with E-state index in [1.54, 1.807) is 6.92 Å². The summed E-state index contributed by atoms with van der Waals surface area (Å²) in [6.07, 6.45) is 8.97. The standard InChI is InChI=1S/C28H48O3Si/c1-12-20-17-22(30-19(3)29)25-21(18(20)2)13-14-23-27(7,8)24(15-16-28(23,25)9)31-32(10,11)26(4,5)6/h12,17-18,21-25H,1,13-16H2,2-11H3/t18-,21-,22-,23-,24-,25+,28-/m1/s1. The SMILES string of the molecule is C=CC1=C[C@@H](OC(C)=O)[C@@H]2[C@H](CC[C@@H]3C(C)(C)[C@H](O[Si](C)(C)C(C)(C)C)CC[C@@]23C)[C@@H]1C. The summed E-state index contributed by atoms with van der Waals surface area (Å²) in [5.74, 6) is 1.74. The van der Waals surface area contributed by atoms with Crippen molar-refractivity contribution in [3.8, 4) is 0 Å². The second-order valence-corrected chi connectivity index (χ2v) is 18.0. The molecule has 32 heavy (non-hydrogen) atoms. The van der Waals surface area contributed by atoms with Crippen LogP contribution in [0, 0.1) is 34.5 Å². The quantitative estimate of drug-likeness (QED) is 0.321. The molecule has 0 amide bonds. The zero-order chi connectivity index (χ0) is 24.3. The predicted octanol–water partition coefficient (Wildman–Crippen LogP) is 7.54. The van der Waals surface area contributed by atoms with Crippen LogP contribution >= 0.6 is 0 Å². The van der Waals surface area contributed by atoms with Gasteiger partial charge in [-0.25, -0.2) is 0 Å². The minimum atomic E-state index is -1.85. The monoisotopic (exact) mass is 460 g/mol. The molecule has 0 aromatic rings. The number of hydrogen-bond acceptors (Lipinski definition) is 3. The van der Waals surface area contributed by atoms with Gasteiger partial charge in [0.15, 0.2) is 8.32 Å². The molecule has 0 spiro atoms. The Kier molecular flexibility index (Phi) is 6.77. The van der Waals surface area contributed by atoms with Gasteiger partial charge in [-0.1, -0.05) is 61.1 Å². The van der Waals surface area contributed by atoms with E-state index in [1.165, 1.54) is 18.4 Å². The Labute approximate surface area is 198 Å². The van der Waals surface area contributed by atoms with Crippen molar-refractivity contribution in [3.63, 3.8) is 0 Å². The first-order chi connectivity index (χ1) is 14.6. The number of fused-ring (bicyclic) bond motifs is 3. The van der Waals surface area contributed by atoms with E-state index in [0.717, 1.165) is 12.8 Å². The van der Waals surface area contributed by atoms with Crippen LogP contribution in [0.4, 0.5) is 0 Å². The maximum absolute atomic E-state index is 12.1. The van der Waals surface area contributed by atoms with E-state index in [9.17, 15) is 4.79 Å². The Morgan fingerprint density at radius 2 is 1.81 bits per heavy atom. The molecule has 0 heterocycles. The van der Waals surface area contributed by atoms with Crippen molar-refractivity contribution in [1.82, 2.24) is 0 Å². The van der Waals surface area contributed by atoms with E-state index in [1.807, 2.05) is 6.08 Å². The number of carbonyl (C=O) groups excluding carboxylic acids is 1. The Bertz CT molecular complexity index is 774. The molecule has 0 bridgehead atoms. The normalized spacial score (nSPS) is 39.4. The Morgan fingerprint density at radius 3 is 2.34 bits per heavy atom. The van der Waals surface area contributed by atoms with Crippen LogP contribution in [0.2, 0.25) is 18.1 Å². The lowest BCUT2D eigenvalue weighted by atomic mass is 9.43. The first kappa shape index (κ1) is 25.7. The molecule has 7 atom stereocenters. The summed E-state index contributed by atoms with van der Waals surface area (Å²) in [6, 6.07) is 0. The number of esters is 1. The van der Waals surface area contributed by atoms with Crippen molar-refractivity contribution < 1.29 is 14.0 Å². The van der Waals surface area contributed by atoms with Crippen LogP contribution in [0.25, 0.3) is 0 Å². The first-order valence-electron chi connectivity index (χ1n) is 12.8. The molecule has 0 aromatic carbocycles. The van der Waals surface area contributed by atoms with Crippen molar-refractivity contribution in [1.29, 1.82) is 0 Å². The van der Waals surface area contributed by atoms with Gasteiger partial charge < -0.3 is 9.16 Å². The average Bonchev–Trinajstić information content (AvgIpc) is 2.64. The molecule has 0 N–H and O–H groups in total. The summed E-state index contributed by atoms with van der Waals surface area (Å²) < 4.78 is 13.1. The van der Waals surface area contributed by atoms with E-state index >= 15 is 0 Å². The van der Waals surface area contributed by atoms with Crippen molar-refractivity contribution in [2.24, 2.45) is 34.5 Å². The van der Waals surface area contributed by atoms with Gasteiger partial charge in [-0.05, 0) is 84.0 Å². The molecule has 182 valence electrons. The summed E-state index contributed by atoms with van der Waals surface area (Å²) in [6.45, 7) is 27.1. The third kappa shape index (κ3) is 4.19. The minimum Gasteiger partial charge on any atom is -0.458 e. The van der Waals surface area contributed by atoms with Gasteiger partial charge in [0, 0.05) is 12.8 Å². The zero-order valence-electron chi connectivity index (χ0n) is 22.4. The predicted molar refractivity (Wildman–Crippen MR) is 136 cm³/mol. The first-order valence-corrected chi connectivity index (χ1v) is 15.7. The lowest BCUT2D eigenvalue weighted by Crippen LogP contribution is -2.62. The molecule has 0 unspecified atom stereocenters. The van der Waals surface area contributed by atoms with Crippen LogP contribution < -0.4 is 0 Å². The summed E-state index contributed by atoms with van der Waals surface area (Å²) in [5, 5.41) is 0.215. The van der Waals surface area contributed by atoms with Gasteiger partial charge in [-0.2, -0.15) is 0 Å². The van der Waals surface area contributed by atoms with Gasteiger partial charge in [0.05, 0.1) is 6.10 Å². The highest BCUT2D eigenvalue weighted by atomic mass is 28.4. The fourth-order valence-corrected chi connectivity index (χ4v) is 8.85. The van der Waals surface area contributed by atoms with E-state index in [2.05, 4.69) is 74.2 Å². The molecule has 0 aliphatic heterocycles. The molecule has 3 aliphatic carbocycles. The fourth-order valence-electron chi connectivity index (χ4n) is 7.36. The molecule has 2 saturated carbocycles. The second-order valence-electron chi connectivity index (χ2n) is 13.3. The molecule has 4 heteroatoms. The topological polar surface area (TPSA) is 35.5 Å². The number of ether oxygens (including phenoxy) is 1. The van der Waals surface area contributed by atoms with Gasteiger partial charge in [0.1, 0.15) is 6.10 Å². The maximum atomic E-state index is 12.1. The van der Waals surface area contributed by atoms with Gasteiger partial charge in [0.25, 0.3) is 0 Å². The Balaban J connectivity index is 1.97. The molecule has 0 radical (unpaired) electrons. The number of rotatable bonds is 4. The highest BCUT2D eigenvalue weighted by Gasteiger charge is 2.62. The van der Waals surface area contributed by atoms with Gasteiger partial charge >= 0.3 is 5.97 Å². The largest absolute Gasteiger partial charge is 0.458 e. The van der Waals surface area contributed by atoms with Crippen LogP contribution in [0.15, 0.2) is 24.3 Å². The molecule has 3 rings (SSSR count).